The fourth-order valence-corrected chi connectivity index (χ4v) is 5.15. The Kier molecular flexibility index (Phi) is 7.23. The van der Waals surface area contributed by atoms with Crippen LogP contribution in [0.25, 0.3) is 0 Å². The van der Waals surface area contributed by atoms with Crippen LogP contribution in [0.4, 0.5) is 10.5 Å². The van der Waals surface area contributed by atoms with E-state index in [1.165, 1.54) is 16.4 Å². The fraction of sp³-hybridized carbons (Fsp3) is 0.391. The number of aryl methyl sites for hydroxylation is 1. The number of rotatable bonds is 5. The second-order valence-corrected chi connectivity index (χ2v) is 10.1. The summed E-state index contributed by atoms with van der Waals surface area (Å²) in [6.45, 7) is 3.58. The lowest BCUT2D eigenvalue weighted by molar-refractivity contribution is -0.131. The van der Waals surface area contributed by atoms with Crippen LogP contribution in [-0.2, 0) is 14.8 Å². The molecular weight excluding hydrogens is 460 g/mol. The summed E-state index contributed by atoms with van der Waals surface area (Å²) in [4.78, 5) is 26.2. The second kappa shape index (κ2) is 10.3. The summed E-state index contributed by atoms with van der Waals surface area (Å²) in [6, 6.07) is 11.4. The lowest BCUT2D eigenvalue weighted by Crippen LogP contribution is -2.52. The van der Waals surface area contributed by atoms with E-state index in [1.807, 2.05) is 19.1 Å². The van der Waals surface area contributed by atoms with Crippen LogP contribution in [0.5, 0.6) is 11.5 Å². The number of hydrogen-bond donors (Lipinski definition) is 2. The van der Waals surface area contributed by atoms with Crippen molar-refractivity contribution in [3.63, 3.8) is 0 Å². The molecule has 0 atom stereocenters. The third-order valence-electron chi connectivity index (χ3n) is 5.66. The number of benzene rings is 2. The minimum Gasteiger partial charge on any atom is -0.490 e. The molecule has 0 saturated carbocycles. The van der Waals surface area contributed by atoms with E-state index >= 15 is 0 Å². The van der Waals surface area contributed by atoms with Gasteiger partial charge in [-0.1, -0.05) is 17.7 Å². The van der Waals surface area contributed by atoms with Gasteiger partial charge >= 0.3 is 6.03 Å². The Labute approximate surface area is 198 Å². The molecule has 2 heterocycles. The van der Waals surface area contributed by atoms with Crippen LogP contribution in [-0.4, -0.2) is 75.5 Å². The Morgan fingerprint density at radius 2 is 1.62 bits per heavy atom. The van der Waals surface area contributed by atoms with Crippen LogP contribution >= 0.6 is 0 Å². The van der Waals surface area contributed by atoms with Crippen LogP contribution in [0.15, 0.2) is 47.4 Å². The van der Waals surface area contributed by atoms with E-state index in [0.29, 0.717) is 30.4 Å². The van der Waals surface area contributed by atoms with E-state index in [1.54, 1.807) is 23.1 Å². The third-order valence-corrected chi connectivity index (χ3v) is 7.55. The largest absolute Gasteiger partial charge is 0.490 e. The molecule has 2 aliphatic rings. The first-order valence-corrected chi connectivity index (χ1v) is 12.6. The maximum Gasteiger partial charge on any atom is 0.319 e. The summed E-state index contributed by atoms with van der Waals surface area (Å²) in [5.41, 5.74) is 1.70. The summed E-state index contributed by atoms with van der Waals surface area (Å²) in [5.74, 6) is 0.680. The number of ether oxygens (including phenoxy) is 2. The Bertz CT molecular complexity index is 1140. The van der Waals surface area contributed by atoms with Crippen LogP contribution in [0.2, 0.25) is 0 Å². The molecule has 3 amide bonds. The molecule has 2 aromatic carbocycles. The quantitative estimate of drug-likeness (QED) is 0.663. The Morgan fingerprint density at radius 3 is 2.32 bits per heavy atom. The fourth-order valence-electron chi connectivity index (χ4n) is 3.71. The molecule has 0 spiro atoms. The lowest BCUT2D eigenvalue weighted by atomic mass is 10.2. The SMILES string of the molecule is Cc1ccc(NC(=O)NCC(=O)N2CCN(S(=O)(=O)c3ccc4c(c3)OCCCO4)CC2)cc1. The number of urea groups is 1. The van der Waals surface area contributed by atoms with Crippen molar-refractivity contribution in [2.75, 3.05) is 51.3 Å². The zero-order chi connectivity index (χ0) is 24.1. The van der Waals surface area contributed by atoms with E-state index in [0.717, 1.165) is 12.0 Å². The number of carbonyl (C=O) groups is 2. The maximum absolute atomic E-state index is 13.1. The molecule has 0 aromatic heterocycles. The predicted octanol–water partition coefficient (Wildman–Crippen LogP) is 1.81. The van der Waals surface area contributed by atoms with Gasteiger partial charge in [-0.2, -0.15) is 4.31 Å². The summed E-state index contributed by atoms with van der Waals surface area (Å²) < 4.78 is 38.7. The van der Waals surface area contributed by atoms with Gasteiger partial charge in [0.2, 0.25) is 15.9 Å². The topological polar surface area (TPSA) is 117 Å². The van der Waals surface area contributed by atoms with Gasteiger partial charge in [0.15, 0.2) is 11.5 Å². The Morgan fingerprint density at radius 1 is 0.941 bits per heavy atom. The molecule has 11 heteroatoms. The third kappa shape index (κ3) is 5.60. The molecule has 4 rings (SSSR count). The molecule has 0 radical (unpaired) electrons. The van der Waals surface area contributed by atoms with Crippen LogP contribution in [0.1, 0.15) is 12.0 Å². The Balaban J connectivity index is 1.28. The average Bonchev–Trinajstić information content (AvgIpc) is 3.09. The van der Waals surface area contributed by atoms with Crippen LogP contribution in [0.3, 0.4) is 0 Å². The van der Waals surface area contributed by atoms with Crippen molar-refractivity contribution in [2.24, 2.45) is 0 Å². The summed E-state index contributed by atoms with van der Waals surface area (Å²) >= 11 is 0. The van der Waals surface area contributed by atoms with Crippen molar-refractivity contribution in [1.82, 2.24) is 14.5 Å². The summed E-state index contributed by atoms with van der Waals surface area (Å²) in [6.07, 6.45) is 0.731. The van der Waals surface area contributed by atoms with E-state index in [4.69, 9.17) is 9.47 Å². The monoisotopic (exact) mass is 488 g/mol. The molecule has 0 unspecified atom stereocenters. The molecule has 0 aliphatic carbocycles. The van der Waals surface area contributed by atoms with E-state index in [9.17, 15) is 18.0 Å². The zero-order valence-electron chi connectivity index (χ0n) is 19.0. The van der Waals surface area contributed by atoms with E-state index in [-0.39, 0.29) is 43.5 Å². The average molecular weight is 489 g/mol. The molecule has 34 heavy (non-hydrogen) atoms. The van der Waals surface area contributed by atoms with Crippen LogP contribution in [0, 0.1) is 6.92 Å². The highest BCUT2D eigenvalue weighted by Crippen LogP contribution is 2.33. The first-order valence-electron chi connectivity index (χ1n) is 11.1. The van der Waals surface area contributed by atoms with Crippen molar-refractivity contribution < 1.29 is 27.5 Å². The van der Waals surface area contributed by atoms with Gasteiger partial charge in [-0.25, -0.2) is 13.2 Å². The van der Waals surface area contributed by atoms with Crippen molar-refractivity contribution in [3.05, 3.63) is 48.0 Å². The minimum atomic E-state index is -3.74. The first kappa shape index (κ1) is 23.8. The Hall–Kier alpha value is -3.31. The number of nitrogens with one attached hydrogen (secondary N) is 2. The normalized spacial score (nSPS) is 16.4. The van der Waals surface area contributed by atoms with Gasteiger partial charge in [-0.15, -0.1) is 0 Å². The molecule has 2 aromatic rings. The highest BCUT2D eigenvalue weighted by Gasteiger charge is 2.31. The number of anilines is 1. The van der Waals surface area contributed by atoms with Gasteiger partial charge in [-0.05, 0) is 31.2 Å². The van der Waals surface area contributed by atoms with Crippen LogP contribution < -0.4 is 20.1 Å². The first-order chi connectivity index (χ1) is 16.3. The highest BCUT2D eigenvalue weighted by molar-refractivity contribution is 7.89. The van der Waals surface area contributed by atoms with E-state index < -0.39 is 16.1 Å². The predicted molar refractivity (Wildman–Crippen MR) is 126 cm³/mol. The number of carbonyl (C=O) groups excluding carboxylic acids is 2. The van der Waals surface area contributed by atoms with Gasteiger partial charge in [0, 0.05) is 44.4 Å². The van der Waals surface area contributed by atoms with Crippen molar-refractivity contribution in [1.29, 1.82) is 0 Å². The second-order valence-electron chi connectivity index (χ2n) is 8.12. The molecule has 1 fully saturated rings. The molecule has 2 N–H and O–H groups in total. The van der Waals surface area contributed by atoms with Crippen molar-refractivity contribution in [2.45, 2.75) is 18.2 Å². The number of fused-ring (bicyclic) bond motifs is 1. The molecule has 182 valence electrons. The van der Waals surface area contributed by atoms with E-state index in [2.05, 4.69) is 10.6 Å². The molecule has 10 nitrogen and oxygen atoms in total. The number of piperazine rings is 1. The van der Waals surface area contributed by atoms with Gasteiger partial charge in [-0.3, -0.25) is 4.79 Å². The van der Waals surface area contributed by atoms with Crippen molar-refractivity contribution >= 4 is 27.6 Å². The summed E-state index contributed by atoms with van der Waals surface area (Å²) in [5, 5.41) is 5.22. The molecule has 1 saturated heterocycles. The van der Waals surface area contributed by atoms with Gasteiger partial charge in [0.25, 0.3) is 0 Å². The standard InChI is InChI=1S/C23H28N4O6S/c1-17-3-5-18(6-4-17)25-23(29)24-16-22(28)26-9-11-27(12-10-26)34(30,31)19-7-8-20-21(15-19)33-14-2-13-32-20/h3-8,15H,2,9-14,16H2,1H3,(H2,24,25,29). The number of hydrogen-bond acceptors (Lipinski definition) is 6. The number of nitrogens with zero attached hydrogens (tertiary/aromatic N) is 2. The molecular formula is C23H28N4O6S. The summed E-state index contributed by atoms with van der Waals surface area (Å²) in [7, 11) is -3.74. The smallest absolute Gasteiger partial charge is 0.319 e. The van der Waals surface area contributed by atoms with Crippen molar-refractivity contribution in [3.8, 4) is 11.5 Å². The van der Waals surface area contributed by atoms with Gasteiger partial charge < -0.3 is 25.0 Å². The zero-order valence-corrected chi connectivity index (χ0v) is 19.8. The molecule has 2 aliphatic heterocycles. The molecule has 0 bridgehead atoms. The highest BCUT2D eigenvalue weighted by atomic mass is 32.2. The van der Waals surface area contributed by atoms with Gasteiger partial charge in [0.1, 0.15) is 0 Å². The van der Waals surface area contributed by atoms with Gasteiger partial charge in [0.05, 0.1) is 24.7 Å². The lowest BCUT2D eigenvalue weighted by Gasteiger charge is -2.34. The maximum atomic E-state index is 13.1. The number of sulfonamides is 1. The number of amides is 3. The minimum absolute atomic E-state index is 0.131.